The number of nitrogens with one attached hydrogen (secondary N) is 1. The summed E-state index contributed by atoms with van der Waals surface area (Å²) < 4.78 is 11.8. The van der Waals surface area contributed by atoms with Crippen molar-refractivity contribution in [2.75, 3.05) is 6.61 Å². The minimum absolute atomic E-state index is 0.00858. The van der Waals surface area contributed by atoms with Crippen molar-refractivity contribution >= 4 is 5.91 Å². The molecule has 1 N–H and O–H groups in total. The summed E-state index contributed by atoms with van der Waals surface area (Å²) in [5, 5.41) is 3.23. The van der Waals surface area contributed by atoms with E-state index < -0.39 is 0 Å². The Hall–Kier alpha value is -2.49. The van der Waals surface area contributed by atoms with Crippen LogP contribution in [0.5, 0.6) is 11.5 Å². The number of carbonyl (C=O) groups excluding carboxylic acids is 1. The molecule has 1 aliphatic rings. The summed E-state index contributed by atoms with van der Waals surface area (Å²) in [6.07, 6.45) is 7.08. The van der Waals surface area contributed by atoms with Crippen LogP contribution in [-0.4, -0.2) is 18.6 Å². The molecule has 4 nitrogen and oxygen atoms in total. The molecular formula is C27H37NO3. The standard InChI is InChI=1S/C27H37NO3/c1-5-30-25-17-12-20(26(29)28-23-10-8-6-7-9-11-23)18-21(25)19-31-24-15-13-22(14-16-24)27(2,3)4/h12-18,23H,5-11,19H2,1-4H3,(H,28,29). The Morgan fingerprint density at radius 2 is 1.65 bits per heavy atom. The molecule has 168 valence electrons. The van der Waals surface area contributed by atoms with Crippen molar-refractivity contribution in [3.8, 4) is 11.5 Å². The first-order valence-electron chi connectivity index (χ1n) is 11.7. The van der Waals surface area contributed by atoms with Crippen molar-refractivity contribution in [3.05, 3.63) is 59.2 Å². The van der Waals surface area contributed by atoms with Crippen LogP contribution in [0.25, 0.3) is 0 Å². The highest BCUT2D eigenvalue weighted by Gasteiger charge is 2.18. The highest BCUT2D eigenvalue weighted by molar-refractivity contribution is 5.94. The lowest BCUT2D eigenvalue weighted by molar-refractivity contribution is 0.0933. The van der Waals surface area contributed by atoms with E-state index >= 15 is 0 Å². The highest BCUT2D eigenvalue weighted by Crippen LogP contribution is 2.26. The van der Waals surface area contributed by atoms with Gasteiger partial charge < -0.3 is 14.8 Å². The number of carbonyl (C=O) groups is 1. The summed E-state index contributed by atoms with van der Waals surface area (Å²) in [7, 11) is 0. The van der Waals surface area contributed by atoms with Crippen LogP contribution in [0.15, 0.2) is 42.5 Å². The number of ether oxygens (including phenoxy) is 2. The Morgan fingerprint density at radius 3 is 2.26 bits per heavy atom. The average Bonchev–Trinajstić information content (AvgIpc) is 3.01. The lowest BCUT2D eigenvalue weighted by Gasteiger charge is -2.19. The van der Waals surface area contributed by atoms with E-state index in [0.717, 1.165) is 29.9 Å². The number of rotatable bonds is 7. The molecule has 0 radical (unpaired) electrons. The molecule has 1 saturated carbocycles. The minimum atomic E-state index is -0.00858. The Kier molecular flexibility index (Phi) is 8.00. The molecule has 0 aromatic heterocycles. The second-order valence-corrected chi connectivity index (χ2v) is 9.48. The van der Waals surface area contributed by atoms with E-state index in [4.69, 9.17) is 9.47 Å². The fourth-order valence-electron chi connectivity index (χ4n) is 4.03. The van der Waals surface area contributed by atoms with Gasteiger partial charge in [0.05, 0.1) is 6.61 Å². The average molecular weight is 424 g/mol. The van der Waals surface area contributed by atoms with Crippen molar-refractivity contribution in [2.45, 2.75) is 84.3 Å². The smallest absolute Gasteiger partial charge is 0.251 e. The Bertz CT molecular complexity index is 844. The summed E-state index contributed by atoms with van der Waals surface area (Å²) in [5.74, 6) is 1.56. The fraction of sp³-hybridized carbons (Fsp3) is 0.519. The van der Waals surface area contributed by atoms with Gasteiger partial charge in [0.1, 0.15) is 18.1 Å². The molecule has 0 aliphatic heterocycles. The molecule has 0 unspecified atom stereocenters. The van der Waals surface area contributed by atoms with Crippen LogP contribution in [-0.2, 0) is 12.0 Å². The van der Waals surface area contributed by atoms with Crippen molar-refractivity contribution < 1.29 is 14.3 Å². The number of amides is 1. The number of hydrogen-bond donors (Lipinski definition) is 1. The first kappa shape index (κ1) is 23.2. The monoisotopic (exact) mass is 423 g/mol. The van der Waals surface area contributed by atoms with E-state index in [1.54, 1.807) is 0 Å². The lowest BCUT2D eigenvalue weighted by Crippen LogP contribution is -2.34. The first-order valence-corrected chi connectivity index (χ1v) is 11.7. The summed E-state index contributed by atoms with van der Waals surface area (Å²) in [6, 6.07) is 14.1. The van der Waals surface area contributed by atoms with Gasteiger partial charge in [-0.1, -0.05) is 58.6 Å². The Balaban J connectivity index is 1.69. The molecule has 1 amide bonds. The maximum atomic E-state index is 12.9. The van der Waals surface area contributed by atoms with E-state index in [-0.39, 0.29) is 17.4 Å². The van der Waals surface area contributed by atoms with E-state index in [2.05, 4.69) is 38.2 Å². The topological polar surface area (TPSA) is 47.6 Å². The Labute approximate surface area is 187 Å². The summed E-state index contributed by atoms with van der Waals surface area (Å²) >= 11 is 0. The third kappa shape index (κ3) is 6.75. The molecule has 2 aromatic rings. The predicted octanol–water partition coefficient (Wildman–Crippen LogP) is 6.41. The zero-order valence-electron chi connectivity index (χ0n) is 19.5. The van der Waals surface area contributed by atoms with Gasteiger partial charge in [0.15, 0.2) is 0 Å². The minimum Gasteiger partial charge on any atom is -0.493 e. The van der Waals surface area contributed by atoms with Gasteiger partial charge >= 0.3 is 0 Å². The maximum absolute atomic E-state index is 12.9. The van der Waals surface area contributed by atoms with Crippen LogP contribution in [0.2, 0.25) is 0 Å². The van der Waals surface area contributed by atoms with Gasteiger partial charge in [-0.15, -0.1) is 0 Å². The molecule has 0 heterocycles. The normalized spacial score (nSPS) is 15.2. The Morgan fingerprint density at radius 1 is 0.968 bits per heavy atom. The molecule has 4 heteroatoms. The van der Waals surface area contributed by atoms with E-state index in [1.165, 1.54) is 31.2 Å². The van der Waals surface area contributed by atoms with Gasteiger partial charge in [0.25, 0.3) is 5.91 Å². The van der Waals surface area contributed by atoms with Gasteiger partial charge in [-0.2, -0.15) is 0 Å². The molecule has 1 aliphatic carbocycles. The molecular weight excluding hydrogens is 386 g/mol. The van der Waals surface area contributed by atoms with Gasteiger partial charge in [0, 0.05) is 17.2 Å². The van der Waals surface area contributed by atoms with Crippen molar-refractivity contribution in [2.24, 2.45) is 0 Å². The number of hydrogen-bond acceptors (Lipinski definition) is 3. The van der Waals surface area contributed by atoms with Gasteiger partial charge in [-0.3, -0.25) is 4.79 Å². The molecule has 0 atom stereocenters. The van der Waals surface area contributed by atoms with Crippen LogP contribution in [0.1, 0.15) is 87.7 Å². The van der Waals surface area contributed by atoms with Crippen LogP contribution >= 0.6 is 0 Å². The van der Waals surface area contributed by atoms with Crippen LogP contribution < -0.4 is 14.8 Å². The molecule has 0 saturated heterocycles. The van der Waals surface area contributed by atoms with Gasteiger partial charge in [-0.05, 0) is 61.1 Å². The summed E-state index contributed by atoms with van der Waals surface area (Å²) in [5.41, 5.74) is 2.93. The van der Waals surface area contributed by atoms with E-state index in [9.17, 15) is 4.79 Å². The van der Waals surface area contributed by atoms with Crippen molar-refractivity contribution in [1.29, 1.82) is 0 Å². The predicted molar refractivity (Wildman–Crippen MR) is 126 cm³/mol. The third-order valence-corrected chi connectivity index (χ3v) is 5.93. The SMILES string of the molecule is CCOc1ccc(C(=O)NC2CCCCCC2)cc1COc1ccc(C(C)(C)C)cc1. The quantitative estimate of drug-likeness (QED) is 0.523. The number of benzene rings is 2. The molecule has 0 bridgehead atoms. The van der Waals surface area contributed by atoms with Crippen molar-refractivity contribution in [1.82, 2.24) is 5.32 Å². The lowest BCUT2D eigenvalue weighted by atomic mass is 9.87. The molecule has 0 spiro atoms. The van der Waals surface area contributed by atoms with E-state index in [0.29, 0.717) is 18.8 Å². The van der Waals surface area contributed by atoms with Crippen LogP contribution in [0.3, 0.4) is 0 Å². The van der Waals surface area contributed by atoms with E-state index in [1.807, 2.05) is 37.3 Å². The molecule has 2 aromatic carbocycles. The second kappa shape index (κ2) is 10.7. The molecule has 1 fully saturated rings. The molecule has 31 heavy (non-hydrogen) atoms. The van der Waals surface area contributed by atoms with Crippen LogP contribution in [0, 0.1) is 0 Å². The summed E-state index contributed by atoms with van der Waals surface area (Å²) in [4.78, 5) is 12.9. The van der Waals surface area contributed by atoms with Gasteiger partial charge in [0.2, 0.25) is 0 Å². The first-order chi connectivity index (χ1) is 14.9. The highest BCUT2D eigenvalue weighted by atomic mass is 16.5. The van der Waals surface area contributed by atoms with Crippen LogP contribution in [0.4, 0.5) is 0 Å². The third-order valence-electron chi connectivity index (χ3n) is 5.93. The fourth-order valence-corrected chi connectivity index (χ4v) is 4.03. The zero-order chi connectivity index (χ0) is 22.3. The zero-order valence-corrected chi connectivity index (χ0v) is 19.5. The largest absolute Gasteiger partial charge is 0.493 e. The summed E-state index contributed by atoms with van der Waals surface area (Å²) in [6.45, 7) is 9.48. The maximum Gasteiger partial charge on any atom is 0.251 e. The second-order valence-electron chi connectivity index (χ2n) is 9.48. The van der Waals surface area contributed by atoms with Crippen molar-refractivity contribution in [3.63, 3.8) is 0 Å². The van der Waals surface area contributed by atoms with Gasteiger partial charge in [-0.25, -0.2) is 0 Å². The molecule has 3 rings (SSSR count).